The topological polar surface area (TPSA) is 29.5 Å². The Hall–Kier alpha value is -0.730. The van der Waals surface area contributed by atoms with Crippen molar-refractivity contribution in [3.05, 3.63) is 29.8 Å². The summed E-state index contributed by atoms with van der Waals surface area (Å²) in [6, 6.07) is 7.50. The second-order valence-corrected chi connectivity index (χ2v) is 3.47. The van der Waals surface area contributed by atoms with Gasteiger partial charge in [-0.2, -0.15) is 0 Å². The average molecular weight is 215 g/mol. The van der Waals surface area contributed by atoms with Crippen LogP contribution in [0.4, 0.5) is 0 Å². The van der Waals surface area contributed by atoms with E-state index in [1.54, 1.807) is 7.11 Å². The number of hydrogen-bond acceptors (Lipinski definition) is 2. The Morgan fingerprint density at radius 1 is 1.43 bits per heavy atom. The van der Waals surface area contributed by atoms with Gasteiger partial charge < -0.3 is 9.84 Å². The highest BCUT2D eigenvalue weighted by molar-refractivity contribution is 6.17. The molecule has 3 heteroatoms. The number of para-hydroxylation sites is 1. The molecule has 14 heavy (non-hydrogen) atoms. The van der Waals surface area contributed by atoms with Crippen LogP contribution in [0.25, 0.3) is 0 Å². The zero-order valence-electron chi connectivity index (χ0n) is 8.24. The van der Waals surface area contributed by atoms with E-state index in [-0.39, 0.29) is 0 Å². The maximum absolute atomic E-state index is 9.82. The molecule has 0 spiro atoms. The monoisotopic (exact) mass is 214 g/mol. The maximum Gasteiger partial charge on any atom is 0.124 e. The molecule has 0 fully saturated rings. The number of rotatable bonds is 5. The van der Waals surface area contributed by atoms with Crippen LogP contribution in [0, 0.1) is 0 Å². The van der Waals surface area contributed by atoms with Gasteiger partial charge >= 0.3 is 0 Å². The molecule has 0 saturated carbocycles. The second kappa shape index (κ2) is 5.89. The molecular formula is C11H15ClO2. The number of aliphatic hydroxyl groups is 1. The summed E-state index contributed by atoms with van der Waals surface area (Å²) in [4.78, 5) is 0. The Bertz CT molecular complexity index is 276. The number of hydrogen-bond donors (Lipinski definition) is 1. The molecule has 0 aliphatic rings. The van der Waals surface area contributed by atoms with E-state index in [0.29, 0.717) is 12.3 Å². The average Bonchev–Trinajstić information content (AvgIpc) is 2.25. The lowest BCUT2D eigenvalue weighted by molar-refractivity contribution is 0.162. The van der Waals surface area contributed by atoms with Gasteiger partial charge in [-0.3, -0.25) is 0 Å². The molecule has 78 valence electrons. The first kappa shape index (κ1) is 11.3. The van der Waals surface area contributed by atoms with E-state index in [0.717, 1.165) is 17.7 Å². The molecule has 1 rings (SSSR count). The van der Waals surface area contributed by atoms with Crippen LogP contribution in [-0.2, 0) is 0 Å². The Morgan fingerprint density at radius 2 is 2.14 bits per heavy atom. The smallest absolute Gasteiger partial charge is 0.124 e. The van der Waals surface area contributed by atoms with Crippen LogP contribution in [0.15, 0.2) is 24.3 Å². The van der Waals surface area contributed by atoms with Gasteiger partial charge in [0.1, 0.15) is 5.75 Å². The van der Waals surface area contributed by atoms with Crippen molar-refractivity contribution >= 4 is 11.6 Å². The molecule has 1 unspecified atom stereocenters. The minimum atomic E-state index is -0.482. The molecule has 0 bridgehead atoms. The third kappa shape index (κ3) is 2.89. The molecule has 0 amide bonds. The van der Waals surface area contributed by atoms with Crippen LogP contribution in [0.2, 0.25) is 0 Å². The fraction of sp³-hybridized carbons (Fsp3) is 0.455. The summed E-state index contributed by atoms with van der Waals surface area (Å²) >= 11 is 5.56. The molecule has 0 heterocycles. The summed E-state index contributed by atoms with van der Waals surface area (Å²) in [7, 11) is 1.60. The van der Waals surface area contributed by atoms with Crippen molar-refractivity contribution in [1.82, 2.24) is 0 Å². The van der Waals surface area contributed by atoms with E-state index in [2.05, 4.69) is 0 Å². The third-order valence-corrected chi connectivity index (χ3v) is 2.38. The van der Waals surface area contributed by atoms with E-state index in [1.165, 1.54) is 0 Å². The van der Waals surface area contributed by atoms with Crippen molar-refractivity contribution in [3.63, 3.8) is 0 Å². The van der Waals surface area contributed by atoms with Crippen molar-refractivity contribution in [2.75, 3.05) is 13.0 Å². The Labute approximate surface area is 89.5 Å². The number of methoxy groups -OCH3 is 1. The lowest BCUT2D eigenvalue weighted by Gasteiger charge is -2.13. The highest BCUT2D eigenvalue weighted by atomic mass is 35.5. The zero-order chi connectivity index (χ0) is 10.4. The zero-order valence-corrected chi connectivity index (χ0v) is 9.00. The molecular weight excluding hydrogens is 200 g/mol. The molecule has 0 aliphatic heterocycles. The van der Waals surface area contributed by atoms with Crippen LogP contribution in [0.3, 0.4) is 0 Å². The van der Waals surface area contributed by atoms with Gasteiger partial charge in [-0.15, -0.1) is 11.6 Å². The van der Waals surface area contributed by atoms with Gasteiger partial charge in [0.25, 0.3) is 0 Å². The van der Waals surface area contributed by atoms with Gasteiger partial charge in [-0.1, -0.05) is 18.2 Å². The van der Waals surface area contributed by atoms with Crippen LogP contribution in [0.5, 0.6) is 5.75 Å². The lowest BCUT2D eigenvalue weighted by Crippen LogP contribution is -2.00. The van der Waals surface area contributed by atoms with Crippen LogP contribution >= 0.6 is 11.6 Å². The number of alkyl halides is 1. The summed E-state index contributed by atoms with van der Waals surface area (Å²) in [5.41, 5.74) is 0.833. The summed E-state index contributed by atoms with van der Waals surface area (Å²) in [5.74, 6) is 1.31. The molecule has 1 aromatic carbocycles. The van der Waals surface area contributed by atoms with Gasteiger partial charge in [0.15, 0.2) is 0 Å². The normalized spacial score (nSPS) is 12.5. The molecule has 0 aromatic heterocycles. The van der Waals surface area contributed by atoms with Crippen molar-refractivity contribution in [2.45, 2.75) is 18.9 Å². The number of halogens is 1. The van der Waals surface area contributed by atoms with Crippen LogP contribution in [0.1, 0.15) is 24.5 Å². The number of benzene rings is 1. The Kier molecular flexibility index (Phi) is 4.77. The highest BCUT2D eigenvalue weighted by Gasteiger charge is 2.11. The van der Waals surface area contributed by atoms with E-state index in [9.17, 15) is 5.11 Å². The summed E-state index contributed by atoms with van der Waals surface area (Å²) in [6.07, 6.45) is 0.995. The van der Waals surface area contributed by atoms with Crippen molar-refractivity contribution < 1.29 is 9.84 Å². The molecule has 0 aliphatic carbocycles. The molecule has 2 nitrogen and oxygen atoms in total. The molecule has 0 radical (unpaired) electrons. The van der Waals surface area contributed by atoms with E-state index < -0.39 is 6.10 Å². The number of aliphatic hydroxyl groups excluding tert-OH is 1. The SMILES string of the molecule is COc1ccccc1C(O)CCCCl. The molecule has 1 atom stereocenters. The Morgan fingerprint density at radius 3 is 2.79 bits per heavy atom. The first-order valence-electron chi connectivity index (χ1n) is 4.66. The first-order chi connectivity index (χ1) is 6.79. The fourth-order valence-electron chi connectivity index (χ4n) is 1.37. The van der Waals surface area contributed by atoms with Crippen molar-refractivity contribution in [1.29, 1.82) is 0 Å². The van der Waals surface area contributed by atoms with Gasteiger partial charge in [-0.05, 0) is 18.9 Å². The van der Waals surface area contributed by atoms with Gasteiger partial charge in [0.05, 0.1) is 13.2 Å². The minimum Gasteiger partial charge on any atom is -0.496 e. The van der Waals surface area contributed by atoms with E-state index >= 15 is 0 Å². The first-order valence-corrected chi connectivity index (χ1v) is 5.20. The number of ether oxygens (including phenoxy) is 1. The summed E-state index contributed by atoms with van der Waals surface area (Å²) in [5, 5.41) is 9.82. The molecule has 0 saturated heterocycles. The largest absolute Gasteiger partial charge is 0.496 e. The second-order valence-electron chi connectivity index (χ2n) is 3.09. The molecule has 1 N–H and O–H groups in total. The maximum atomic E-state index is 9.82. The Balaban J connectivity index is 2.72. The van der Waals surface area contributed by atoms with Crippen LogP contribution in [-0.4, -0.2) is 18.1 Å². The van der Waals surface area contributed by atoms with Crippen LogP contribution < -0.4 is 4.74 Å². The minimum absolute atomic E-state index is 0.482. The van der Waals surface area contributed by atoms with Gasteiger partial charge in [0.2, 0.25) is 0 Å². The fourth-order valence-corrected chi connectivity index (χ4v) is 1.52. The predicted molar refractivity (Wildman–Crippen MR) is 57.9 cm³/mol. The van der Waals surface area contributed by atoms with E-state index in [4.69, 9.17) is 16.3 Å². The highest BCUT2D eigenvalue weighted by Crippen LogP contribution is 2.27. The summed E-state index contributed by atoms with van der Waals surface area (Å²) < 4.78 is 5.15. The molecule has 1 aromatic rings. The van der Waals surface area contributed by atoms with E-state index in [1.807, 2.05) is 24.3 Å². The third-order valence-electron chi connectivity index (χ3n) is 2.11. The van der Waals surface area contributed by atoms with Crippen molar-refractivity contribution in [2.24, 2.45) is 0 Å². The van der Waals surface area contributed by atoms with Gasteiger partial charge in [-0.25, -0.2) is 0 Å². The van der Waals surface area contributed by atoms with Gasteiger partial charge in [0, 0.05) is 11.4 Å². The lowest BCUT2D eigenvalue weighted by atomic mass is 10.0. The summed E-state index contributed by atoms with van der Waals surface area (Å²) in [6.45, 7) is 0. The van der Waals surface area contributed by atoms with Crippen molar-refractivity contribution in [3.8, 4) is 5.75 Å². The standard InChI is InChI=1S/C11H15ClO2/c1-14-11-7-3-2-5-9(11)10(13)6-4-8-12/h2-3,5,7,10,13H,4,6,8H2,1H3. The predicted octanol–water partition coefficient (Wildman–Crippen LogP) is 2.75. The quantitative estimate of drug-likeness (QED) is 0.764.